The van der Waals surface area contributed by atoms with Gasteiger partial charge in [-0.05, 0) is 35.9 Å². The molecule has 0 radical (unpaired) electrons. The van der Waals surface area contributed by atoms with E-state index in [9.17, 15) is 9.90 Å². The molecule has 0 bridgehead atoms. The van der Waals surface area contributed by atoms with E-state index in [2.05, 4.69) is 9.97 Å². The zero-order valence-corrected chi connectivity index (χ0v) is 15.8. The second-order valence-electron chi connectivity index (χ2n) is 6.37. The maximum Gasteiger partial charge on any atom is 0.354 e. The van der Waals surface area contributed by atoms with E-state index in [0.717, 1.165) is 33.5 Å². The molecule has 0 aliphatic carbocycles. The number of halogens is 1. The van der Waals surface area contributed by atoms with Crippen molar-refractivity contribution in [1.29, 1.82) is 0 Å². The molecule has 0 unspecified atom stereocenters. The number of aromatic carboxylic acids is 1. The van der Waals surface area contributed by atoms with Gasteiger partial charge in [-0.1, -0.05) is 35.9 Å². The first-order chi connectivity index (χ1) is 13.6. The van der Waals surface area contributed by atoms with Gasteiger partial charge >= 0.3 is 5.97 Å². The molecule has 0 aliphatic rings. The highest BCUT2D eigenvalue weighted by Gasteiger charge is 2.17. The maximum absolute atomic E-state index is 11.3. The van der Waals surface area contributed by atoms with Crippen LogP contribution in [0.4, 0.5) is 0 Å². The minimum absolute atomic E-state index is 0.0262. The van der Waals surface area contributed by atoms with Gasteiger partial charge in [0, 0.05) is 39.7 Å². The second-order valence-corrected chi connectivity index (χ2v) is 6.77. The van der Waals surface area contributed by atoms with Crippen LogP contribution in [0.1, 0.15) is 21.7 Å². The van der Waals surface area contributed by atoms with E-state index >= 15 is 0 Å². The molecule has 6 heteroatoms. The third kappa shape index (κ3) is 3.32. The summed E-state index contributed by atoms with van der Waals surface area (Å²) in [6.45, 7) is 0. The summed E-state index contributed by atoms with van der Waals surface area (Å²) < 4.78 is 5.34. The Labute approximate surface area is 166 Å². The van der Waals surface area contributed by atoms with Crippen molar-refractivity contribution in [3.8, 4) is 17.0 Å². The molecule has 0 atom stereocenters. The quantitative estimate of drug-likeness (QED) is 0.490. The van der Waals surface area contributed by atoms with Gasteiger partial charge in [-0.15, -0.1) is 0 Å². The number of methoxy groups -OCH3 is 1. The van der Waals surface area contributed by atoms with Crippen LogP contribution in [0.2, 0.25) is 5.02 Å². The fraction of sp³-hybridized carbons (Fsp3) is 0.0909. The monoisotopic (exact) mass is 392 g/mol. The zero-order valence-electron chi connectivity index (χ0n) is 15.1. The maximum atomic E-state index is 11.3. The van der Waals surface area contributed by atoms with Crippen LogP contribution in [0.5, 0.6) is 5.75 Å². The molecule has 2 heterocycles. The summed E-state index contributed by atoms with van der Waals surface area (Å²) >= 11 is 6.45. The molecule has 2 aromatic carbocycles. The second kappa shape index (κ2) is 7.37. The van der Waals surface area contributed by atoms with Gasteiger partial charge in [-0.2, -0.15) is 0 Å². The zero-order chi connectivity index (χ0) is 19.7. The summed E-state index contributed by atoms with van der Waals surface area (Å²) in [5.41, 5.74) is 4.38. The number of benzene rings is 2. The number of rotatable bonds is 5. The number of hydrogen-bond acceptors (Lipinski definition) is 3. The highest BCUT2D eigenvalue weighted by atomic mass is 35.5. The number of hydrogen-bond donors (Lipinski definition) is 2. The minimum Gasteiger partial charge on any atom is -0.497 e. The van der Waals surface area contributed by atoms with Crippen LogP contribution >= 0.6 is 11.6 Å². The Bertz CT molecular complexity index is 1180. The average molecular weight is 393 g/mol. The van der Waals surface area contributed by atoms with Crippen molar-refractivity contribution in [1.82, 2.24) is 9.97 Å². The van der Waals surface area contributed by atoms with Crippen LogP contribution in [0.25, 0.3) is 22.2 Å². The van der Waals surface area contributed by atoms with Crippen LogP contribution in [0, 0.1) is 0 Å². The Hall–Kier alpha value is -3.31. The standard InChI is InChI=1S/C22H17ClN2O3/c1-28-14-9-10-15-17(11-13-5-4-8-19(24-13)22(26)27)21(25-20(15)12-14)16-6-2-3-7-18(16)23/h2-10,12,25H,11H2,1H3,(H,26,27). The van der Waals surface area contributed by atoms with E-state index in [-0.39, 0.29) is 5.69 Å². The smallest absolute Gasteiger partial charge is 0.354 e. The molecule has 4 rings (SSSR count). The normalized spacial score (nSPS) is 10.9. The van der Waals surface area contributed by atoms with Gasteiger partial charge in [0.25, 0.3) is 0 Å². The predicted octanol–water partition coefficient (Wildman–Crippen LogP) is 5.18. The number of aromatic nitrogens is 2. The Morgan fingerprint density at radius 2 is 1.96 bits per heavy atom. The molecule has 0 spiro atoms. The topological polar surface area (TPSA) is 75.2 Å². The Morgan fingerprint density at radius 1 is 1.14 bits per heavy atom. The van der Waals surface area contributed by atoms with E-state index in [0.29, 0.717) is 17.1 Å². The molecule has 5 nitrogen and oxygen atoms in total. The summed E-state index contributed by atoms with van der Waals surface area (Å²) in [6, 6.07) is 18.4. The lowest BCUT2D eigenvalue weighted by Crippen LogP contribution is -2.03. The van der Waals surface area contributed by atoms with E-state index in [1.807, 2.05) is 48.5 Å². The molecule has 4 aromatic rings. The fourth-order valence-corrected chi connectivity index (χ4v) is 3.55. The van der Waals surface area contributed by atoms with Crippen LogP contribution in [0.3, 0.4) is 0 Å². The third-order valence-electron chi connectivity index (χ3n) is 4.64. The first kappa shape index (κ1) is 18.1. The molecule has 0 fully saturated rings. The predicted molar refractivity (Wildman–Crippen MR) is 109 cm³/mol. The van der Waals surface area contributed by atoms with Crippen LogP contribution in [-0.4, -0.2) is 28.2 Å². The molecule has 0 saturated heterocycles. The number of nitrogens with one attached hydrogen (secondary N) is 1. The lowest BCUT2D eigenvalue weighted by atomic mass is 10.0. The first-order valence-corrected chi connectivity index (χ1v) is 9.07. The van der Waals surface area contributed by atoms with Gasteiger partial charge in [-0.25, -0.2) is 9.78 Å². The summed E-state index contributed by atoms with van der Waals surface area (Å²) in [7, 11) is 1.63. The van der Waals surface area contributed by atoms with Gasteiger partial charge in [0.2, 0.25) is 0 Å². The van der Waals surface area contributed by atoms with Crippen molar-refractivity contribution in [3.63, 3.8) is 0 Å². The van der Waals surface area contributed by atoms with Crippen LogP contribution in [-0.2, 0) is 6.42 Å². The summed E-state index contributed by atoms with van der Waals surface area (Å²) in [4.78, 5) is 19.0. The number of carboxylic acids is 1. The van der Waals surface area contributed by atoms with Gasteiger partial charge < -0.3 is 14.8 Å². The van der Waals surface area contributed by atoms with Crippen molar-refractivity contribution >= 4 is 28.5 Å². The van der Waals surface area contributed by atoms with Gasteiger partial charge in [0.1, 0.15) is 11.4 Å². The largest absolute Gasteiger partial charge is 0.497 e. The molecule has 0 amide bonds. The van der Waals surface area contributed by atoms with Gasteiger partial charge in [-0.3, -0.25) is 0 Å². The molecular weight excluding hydrogens is 376 g/mol. The van der Waals surface area contributed by atoms with E-state index in [4.69, 9.17) is 16.3 Å². The number of fused-ring (bicyclic) bond motifs is 1. The number of carboxylic acid groups (broad SMARTS) is 1. The molecule has 0 aliphatic heterocycles. The number of H-pyrrole nitrogens is 1. The van der Waals surface area contributed by atoms with Gasteiger partial charge in [0.15, 0.2) is 0 Å². The number of nitrogens with zero attached hydrogens (tertiary/aromatic N) is 1. The van der Waals surface area contributed by atoms with Gasteiger partial charge in [0.05, 0.1) is 12.8 Å². The highest BCUT2D eigenvalue weighted by Crippen LogP contribution is 2.36. The highest BCUT2D eigenvalue weighted by molar-refractivity contribution is 6.33. The summed E-state index contributed by atoms with van der Waals surface area (Å²) in [6.07, 6.45) is 0.466. The number of carbonyl (C=O) groups is 1. The van der Waals surface area contributed by atoms with E-state index in [1.165, 1.54) is 6.07 Å². The van der Waals surface area contributed by atoms with Crippen LogP contribution < -0.4 is 4.74 Å². The van der Waals surface area contributed by atoms with Crippen LogP contribution in [0.15, 0.2) is 60.7 Å². The van der Waals surface area contributed by atoms with Crippen molar-refractivity contribution in [2.45, 2.75) is 6.42 Å². The van der Waals surface area contributed by atoms with Crippen molar-refractivity contribution in [2.24, 2.45) is 0 Å². The molecule has 140 valence electrons. The molecule has 2 aromatic heterocycles. The van der Waals surface area contributed by atoms with Crippen molar-refractivity contribution in [3.05, 3.63) is 82.6 Å². The number of ether oxygens (including phenoxy) is 1. The number of pyridine rings is 1. The van der Waals surface area contributed by atoms with Crippen molar-refractivity contribution in [2.75, 3.05) is 7.11 Å². The molecule has 0 saturated carbocycles. The third-order valence-corrected chi connectivity index (χ3v) is 4.97. The SMILES string of the molecule is COc1ccc2c(Cc3cccc(C(=O)O)n3)c(-c3ccccc3Cl)[nH]c2c1. The fourth-order valence-electron chi connectivity index (χ4n) is 3.32. The first-order valence-electron chi connectivity index (χ1n) is 8.69. The Balaban J connectivity index is 1.90. The molecular formula is C22H17ClN2O3. The summed E-state index contributed by atoms with van der Waals surface area (Å²) in [5, 5.41) is 10.9. The van der Waals surface area contributed by atoms with E-state index < -0.39 is 5.97 Å². The number of aromatic amines is 1. The lowest BCUT2D eigenvalue weighted by Gasteiger charge is -2.08. The lowest BCUT2D eigenvalue weighted by molar-refractivity contribution is 0.0690. The minimum atomic E-state index is -1.04. The average Bonchev–Trinajstić information content (AvgIpc) is 3.05. The van der Waals surface area contributed by atoms with Crippen molar-refractivity contribution < 1.29 is 14.6 Å². The molecule has 2 N–H and O–H groups in total. The summed E-state index contributed by atoms with van der Waals surface area (Å²) in [5.74, 6) is -0.297. The Morgan fingerprint density at radius 3 is 2.71 bits per heavy atom. The van der Waals surface area contributed by atoms with E-state index in [1.54, 1.807) is 13.2 Å². The Kier molecular flexibility index (Phi) is 4.75. The molecule has 28 heavy (non-hydrogen) atoms.